The Hall–Kier alpha value is -6.30. The van der Waals surface area contributed by atoms with Gasteiger partial charge in [0.2, 0.25) is 17.0 Å². The van der Waals surface area contributed by atoms with Crippen LogP contribution in [0.1, 0.15) is 38.5 Å². The van der Waals surface area contributed by atoms with Gasteiger partial charge in [-0.3, -0.25) is 29.0 Å². The molecule has 1 aromatic heterocycles. The van der Waals surface area contributed by atoms with Crippen molar-refractivity contribution in [3.63, 3.8) is 0 Å². The quantitative estimate of drug-likeness (QED) is 0.137. The number of benzene rings is 3. The number of Topliss-reactive ketones (excluding diaryl/α,β-unsaturated/α-hetero) is 1. The number of urea groups is 1. The molecule has 2 aliphatic rings. The fourth-order valence-electron chi connectivity index (χ4n) is 6.05. The number of carbonyl (C=O) groups is 6. The van der Waals surface area contributed by atoms with Crippen molar-refractivity contribution in [2.45, 2.75) is 61.8 Å². The van der Waals surface area contributed by atoms with Crippen LogP contribution in [0.5, 0.6) is 11.5 Å². The molecule has 0 aliphatic carbocycles. The topological polar surface area (TPSA) is 218 Å². The molecule has 4 N–H and O–H groups in total. The fraction of sp³-hybridized carbons (Fsp3) is 0.306. The van der Waals surface area contributed by atoms with E-state index >= 15 is 0 Å². The highest BCUT2D eigenvalue weighted by molar-refractivity contribution is 7.99. The number of rotatable bonds is 14. The Morgan fingerprint density at radius 1 is 0.926 bits per heavy atom. The van der Waals surface area contributed by atoms with E-state index in [1.54, 1.807) is 48.5 Å². The molecule has 54 heavy (non-hydrogen) atoms. The molecule has 0 bridgehead atoms. The van der Waals surface area contributed by atoms with Crippen molar-refractivity contribution in [1.29, 1.82) is 0 Å². The second-order valence-corrected chi connectivity index (χ2v) is 13.4. The van der Waals surface area contributed by atoms with E-state index in [0.717, 1.165) is 16.8 Å². The Labute approximate surface area is 313 Å². The van der Waals surface area contributed by atoms with Crippen molar-refractivity contribution >= 4 is 53.0 Å². The van der Waals surface area contributed by atoms with Gasteiger partial charge in [-0.15, -0.1) is 5.10 Å². The number of aliphatic carboxylic acids is 1. The number of ketones is 1. The van der Waals surface area contributed by atoms with Crippen LogP contribution in [0.25, 0.3) is 5.69 Å². The number of hydrogen-bond acceptors (Lipinski definition) is 11. The number of hydrogen-bond donors (Lipinski definition) is 4. The van der Waals surface area contributed by atoms with Gasteiger partial charge in [-0.1, -0.05) is 48.2 Å². The zero-order valence-electron chi connectivity index (χ0n) is 28.9. The normalized spacial score (nSPS) is 17.5. The molecule has 0 unspecified atom stereocenters. The molecule has 0 spiro atoms. The van der Waals surface area contributed by atoms with E-state index in [1.807, 2.05) is 36.4 Å². The number of ether oxygens (including phenoxy) is 1. The number of para-hydroxylation sites is 2. The van der Waals surface area contributed by atoms with Gasteiger partial charge in [0.1, 0.15) is 23.6 Å². The predicted octanol–water partition coefficient (Wildman–Crippen LogP) is 3.18. The summed E-state index contributed by atoms with van der Waals surface area (Å²) in [5.41, 5.74) is 1.09. The monoisotopic (exact) mass is 755 g/mol. The van der Waals surface area contributed by atoms with Crippen LogP contribution in [0.2, 0.25) is 0 Å². The molecule has 2 saturated heterocycles. The van der Waals surface area contributed by atoms with Gasteiger partial charge in [-0.2, -0.15) is 4.68 Å². The molecule has 0 radical (unpaired) electrons. The summed E-state index contributed by atoms with van der Waals surface area (Å²) in [4.78, 5) is 79.1. The van der Waals surface area contributed by atoms with Crippen LogP contribution < -0.4 is 20.7 Å². The number of anilines is 1. The first-order chi connectivity index (χ1) is 26.2. The summed E-state index contributed by atoms with van der Waals surface area (Å²) < 4.78 is 7.23. The first-order valence-corrected chi connectivity index (χ1v) is 18.2. The van der Waals surface area contributed by atoms with Gasteiger partial charge < -0.3 is 25.8 Å². The standard InChI is InChI=1S/C36H37N9O8S/c46-30(22-54-36-40-41-42-44(36)24-8-3-1-4-9-24)27(18-20-32(48)49)38-33(50)29-12-7-21-43-31(47)19-17-28(34(51)45(29)43)39-35(52)37-23-13-15-26(16-14-23)53-25-10-5-2-6-11-25/h1-6,8-11,13-16,27-29H,7,12,17-22H2,(H,38,50)(H,48,49)(H2,37,39,52)/t27-,28-,29-/m0/s1. The molecule has 2 fully saturated rings. The van der Waals surface area contributed by atoms with E-state index in [0.29, 0.717) is 34.5 Å². The number of aromatic nitrogens is 4. The molecule has 3 heterocycles. The number of fused-ring (bicyclic) bond motifs is 1. The average Bonchev–Trinajstić information content (AvgIpc) is 3.62. The summed E-state index contributed by atoms with van der Waals surface area (Å²) in [6.07, 6.45) is -0.135. The smallest absolute Gasteiger partial charge is 0.319 e. The lowest BCUT2D eigenvalue weighted by Gasteiger charge is -2.43. The molecular weight excluding hydrogens is 719 g/mol. The zero-order valence-corrected chi connectivity index (χ0v) is 29.7. The highest BCUT2D eigenvalue weighted by Crippen LogP contribution is 2.27. The van der Waals surface area contributed by atoms with E-state index in [4.69, 9.17) is 4.74 Å². The van der Waals surface area contributed by atoms with Crippen molar-refractivity contribution in [3.05, 3.63) is 84.9 Å². The van der Waals surface area contributed by atoms with Crippen molar-refractivity contribution < 1.29 is 38.6 Å². The molecule has 3 atom stereocenters. The van der Waals surface area contributed by atoms with Crippen LogP contribution in [0, 0.1) is 0 Å². The van der Waals surface area contributed by atoms with E-state index in [-0.39, 0.29) is 38.0 Å². The van der Waals surface area contributed by atoms with E-state index < -0.39 is 60.1 Å². The Bertz CT molecular complexity index is 1980. The largest absolute Gasteiger partial charge is 0.481 e. The van der Waals surface area contributed by atoms with Crippen LogP contribution in [0.4, 0.5) is 10.5 Å². The molecule has 3 aromatic carbocycles. The van der Waals surface area contributed by atoms with Gasteiger partial charge in [0, 0.05) is 25.1 Å². The van der Waals surface area contributed by atoms with Gasteiger partial charge >= 0.3 is 12.0 Å². The average molecular weight is 756 g/mol. The van der Waals surface area contributed by atoms with Crippen molar-refractivity contribution in [2.75, 3.05) is 17.6 Å². The Kier molecular flexibility index (Phi) is 12.1. The molecule has 4 aromatic rings. The second-order valence-electron chi connectivity index (χ2n) is 12.4. The van der Waals surface area contributed by atoms with Gasteiger partial charge in [0.05, 0.1) is 17.5 Å². The second kappa shape index (κ2) is 17.5. The highest BCUT2D eigenvalue weighted by Gasteiger charge is 2.45. The summed E-state index contributed by atoms with van der Waals surface area (Å²) in [5, 5.41) is 31.6. The van der Waals surface area contributed by atoms with Gasteiger partial charge in [0.25, 0.3) is 5.91 Å². The third kappa shape index (κ3) is 9.37. The van der Waals surface area contributed by atoms with E-state index in [2.05, 4.69) is 31.5 Å². The van der Waals surface area contributed by atoms with E-state index in [9.17, 15) is 33.9 Å². The van der Waals surface area contributed by atoms with Gasteiger partial charge in [-0.05, 0) is 84.6 Å². The molecule has 18 heteroatoms. The third-order valence-electron chi connectivity index (χ3n) is 8.70. The summed E-state index contributed by atoms with van der Waals surface area (Å²) in [5.74, 6) is -2.44. The lowest BCUT2D eigenvalue weighted by molar-refractivity contribution is -0.176. The third-order valence-corrected chi connectivity index (χ3v) is 9.64. The summed E-state index contributed by atoms with van der Waals surface area (Å²) in [6, 6.07) is 20.5. The lowest BCUT2D eigenvalue weighted by atomic mass is 10.0. The number of carboxylic acid groups (broad SMARTS) is 1. The SMILES string of the molecule is O=C(O)CC[C@H](NC(=O)[C@@H]1CCCN2C(=O)CC[C@H](NC(=O)Nc3ccc(Oc4ccccc4)cc3)C(=O)N12)C(=O)CSc1nnnn1-c1ccccc1. The minimum absolute atomic E-state index is 0.00428. The number of carbonyl (C=O) groups excluding carboxylic acids is 5. The molecule has 17 nitrogen and oxygen atoms in total. The van der Waals surface area contributed by atoms with E-state index in [1.165, 1.54) is 9.69 Å². The molecule has 6 rings (SSSR count). The molecule has 280 valence electrons. The number of amides is 5. The summed E-state index contributed by atoms with van der Waals surface area (Å²) >= 11 is 1.02. The van der Waals surface area contributed by atoms with Crippen LogP contribution in [-0.4, -0.2) is 101 Å². The van der Waals surface area contributed by atoms with Gasteiger partial charge in [-0.25, -0.2) is 9.80 Å². The Morgan fingerprint density at radius 2 is 1.63 bits per heavy atom. The zero-order chi connectivity index (χ0) is 38.0. The van der Waals surface area contributed by atoms with Crippen molar-refractivity contribution in [1.82, 2.24) is 40.9 Å². The highest BCUT2D eigenvalue weighted by atomic mass is 32.2. The molecule has 2 aliphatic heterocycles. The van der Waals surface area contributed by atoms with Gasteiger partial charge in [0.15, 0.2) is 5.78 Å². The fourth-order valence-corrected chi connectivity index (χ4v) is 6.88. The molecular formula is C36H37N9O8S. The predicted molar refractivity (Wildman–Crippen MR) is 193 cm³/mol. The van der Waals surface area contributed by atoms with Crippen LogP contribution >= 0.6 is 11.8 Å². The number of nitrogens with zero attached hydrogens (tertiary/aromatic N) is 6. The lowest BCUT2D eigenvalue weighted by Crippen LogP contribution is -2.64. The number of thioether (sulfide) groups is 1. The summed E-state index contributed by atoms with van der Waals surface area (Å²) in [6.45, 7) is 0.179. The maximum absolute atomic E-state index is 14.0. The number of nitrogens with one attached hydrogen (secondary N) is 3. The minimum Gasteiger partial charge on any atom is -0.481 e. The first kappa shape index (κ1) is 37.5. The van der Waals surface area contributed by atoms with Crippen molar-refractivity contribution in [2.24, 2.45) is 0 Å². The summed E-state index contributed by atoms with van der Waals surface area (Å²) in [7, 11) is 0. The molecule has 0 saturated carbocycles. The maximum Gasteiger partial charge on any atom is 0.319 e. The Balaban J connectivity index is 1.11. The Morgan fingerprint density at radius 3 is 2.35 bits per heavy atom. The number of hydrazine groups is 1. The first-order valence-electron chi connectivity index (χ1n) is 17.2. The van der Waals surface area contributed by atoms with Crippen LogP contribution in [0.15, 0.2) is 90.1 Å². The van der Waals surface area contributed by atoms with Crippen molar-refractivity contribution in [3.8, 4) is 17.2 Å². The van der Waals surface area contributed by atoms with Crippen LogP contribution in [0.3, 0.4) is 0 Å². The van der Waals surface area contributed by atoms with Crippen LogP contribution in [-0.2, 0) is 24.0 Å². The number of tetrazole rings is 1. The molecule has 5 amide bonds. The maximum atomic E-state index is 14.0. The number of carboxylic acids is 1. The minimum atomic E-state index is -1.22.